The van der Waals surface area contributed by atoms with Crippen LogP contribution in [0.2, 0.25) is 0 Å². The van der Waals surface area contributed by atoms with Gasteiger partial charge in [0.2, 0.25) is 5.91 Å². The quantitative estimate of drug-likeness (QED) is 0.731. The number of halogens is 2. The molecule has 1 heterocycles. The maximum Gasteiger partial charge on any atom is 0.310 e. The number of hydrogen-bond donors (Lipinski definition) is 2. The minimum atomic E-state index is -1.10. The molecule has 25 heavy (non-hydrogen) atoms. The average molecular weight is 368 g/mol. The molecule has 6 nitrogen and oxygen atoms in total. The van der Waals surface area contributed by atoms with Gasteiger partial charge in [-0.25, -0.2) is 8.78 Å². The van der Waals surface area contributed by atoms with Crippen LogP contribution in [-0.4, -0.2) is 30.9 Å². The average Bonchev–Trinajstić information content (AvgIpc) is 3.07. The van der Waals surface area contributed by atoms with Crippen molar-refractivity contribution in [2.24, 2.45) is 0 Å². The third-order valence-corrected chi connectivity index (χ3v) is 3.67. The van der Waals surface area contributed by atoms with Crippen LogP contribution in [0.25, 0.3) is 0 Å². The van der Waals surface area contributed by atoms with Crippen molar-refractivity contribution in [1.29, 1.82) is 0 Å². The third kappa shape index (κ3) is 6.30. The summed E-state index contributed by atoms with van der Waals surface area (Å²) in [5.74, 6) is -3.97. The molecule has 2 amide bonds. The van der Waals surface area contributed by atoms with Crippen LogP contribution in [0.4, 0.5) is 14.5 Å². The van der Waals surface area contributed by atoms with Crippen LogP contribution in [0.1, 0.15) is 5.56 Å². The molecule has 1 aromatic heterocycles. The summed E-state index contributed by atoms with van der Waals surface area (Å²) in [6.45, 7) is -0.915. The lowest BCUT2D eigenvalue weighted by atomic mass is 10.2. The SMILES string of the molecule is O=C(COC(=O)Cc1ccsc1)NCC(=O)Nc1ccc(F)c(F)c1. The van der Waals surface area contributed by atoms with E-state index < -0.39 is 42.6 Å². The molecule has 0 aliphatic carbocycles. The van der Waals surface area contributed by atoms with Gasteiger partial charge in [-0.3, -0.25) is 14.4 Å². The highest BCUT2D eigenvalue weighted by Gasteiger charge is 2.11. The van der Waals surface area contributed by atoms with Crippen molar-refractivity contribution in [2.45, 2.75) is 6.42 Å². The van der Waals surface area contributed by atoms with Gasteiger partial charge in [-0.1, -0.05) is 0 Å². The maximum atomic E-state index is 13.0. The Bertz CT molecular complexity index is 766. The zero-order valence-corrected chi connectivity index (χ0v) is 13.7. The molecule has 132 valence electrons. The Hall–Kier alpha value is -2.81. The molecule has 0 saturated carbocycles. The number of benzene rings is 1. The van der Waals surface area contributed by atoms with Crippen LogP contribution in [0.5, 0.6) is 0 Å². The van der Waals surface area contributed by atoms with E-state index in [0.29, 0.717) is 0 Å². The minimum Gasteiger partial charge on any atom is -0.455 e. The predicted molar refractivity (Wildman–Crippen MR) is 87.0 cm³/mol. The number of carbonyl (C=O) groups is 3. The van der Waals surface area contributed by atoms with Crippen LogP contribution >= 0.6 is 11.3 Å². The standard InChI is InChI=1S/C16H14F2N2O4S/c17-12-2-1-11(6-13(12)18)20-14(21)7-19-15(22)8-24-16(23)5-10-3-4-25-9-10/h1-4,6,9H,5,7-8H2,(H,19,22)(H,20,21). The highest BCUT2D eigenvalue weighted by atomic mass is 32.1. The van der Waals surface area contributed by atoms with Gasteiger partial charge in [0.25, 0.3) is 5.91 Å². The second-order valence-electron chi connectivity index (χ2n) is 4.92. The normalized spacial score (nSPS) is 10.2. The summed E-state index contributed by atoms with van der Waals surface area (Å²) in [7, 11) is 0. The van der Waals surface area contributed by atoms with E-state index in [0.717, 1.165) is 17.7 Å². The Morgan fingerprint density at radius 3 is 2.56 bits per heavy atom. The topological polar surface area (TPSA) is 84.5 Å². The number of anilines is 1. The second-order valence-corrected chi connectivity index (χ2v) is 5.70. The monoisotopic (exact) mass is 368 g/mol. The lowest BCUT2D eigenvalue weighted by Gasteiger charge is -2.08. The molecule has 0 fully saturated rings. The molecular weight excluding hydrogens is 354 g/mol. The van der Waals surface area contributed by atoms with Crippen LogP contribution in [0.15, 0.2) is 35.0 Å². The van der Waals surface area contributed by atoms with Gasteiger partial charge in [-0.05, 0) is 34.5 Å². The van der Waals surface area contributed by atoms with Crippen molar-refractivity contribution < 1.29 is 27.9 Å². The van der Waals surface area contributed by atoms with Gasteiger partial charge in [0.15, 0.2) is 18.2 Å². The number of thiophene rings is 1. The summed E-state index contributed by atoms with van der Waals surface area (Å²) < 4.78 is 30.6. The van der Waals surface area contributed by atoms with Crippen LogP contribution in [-0.2, 0) is 25.5 Å². The van der Waals surface area contributed by atoms with E-state index in [9.17, 15) is 23.2 Å². The molecule has 0 spiro atoms. The minimum absolute atomic E-state index is 0.0559. The summed E-state index contributed by atoms with van der Waals surface area (Å²) in [4.78, 5) is 34.7. The van der Waals surface area contributed by atoms with Crippen molar-refractivity contribution in [2.75, 3.05) is 18.5 Å². The lowest BCUT2D eigenvalue weighted by Crippen LogP contribution is -2.35. The van der Waals surface area contributed by atoms with Crippen LogP contribution in [0, 0.1) is 11.6 Å². The maximum absolute atomic E-state index is 13.0. The fourth-order valence-electron chi connectivity index (χ4n) is 1.77. The third-order valence-electron chi connectivity index (χ3n) is 2.94. The van der Waals surface area contributed by atoms with E-state index in [2.05, 4.69) is 10.6 Å². The molecule has 1 aromatic carbocycles. The number of nitrogens with one attached hydrogen (secondary N) is 2. The fourth-order valence-corrected chi connectivity index (χ4v) is 2.43. The Balaban J connectivity index is 1.67. The Morgan fingerprint density at radius 1 is 1.08 bits per heavy atom. The Labute approximate surface area is 145 Å². The number of ether oxygens (including phenoxy) is 1. The van der Waals surface area contributed by atoms with E-state index in [1.165, 1.54) is 17.4 Å². The van der Waals surface area contributed by atoms with E-state index in [1.54, 1.807) is 11.4 Å². The zero-order valence-electron chi connectivity index (χ0n) is 12.9. The number of hydrogen-bond acceptors (Lipinski definition) is 5. The molecular formula is C16H14F2N2O4S. The van der Waals surface area contributed by atoms with E-state index in [4.69, 9.17) is 4.74 Å². The summed E-state index contributed by atoms with van der Waals surface area (Å²) in [5.41, 5.74) is 0.849. The van der Waals surface area contributed by atoms with Gasteiger partial charge in [-0.2, -0.15) is 11.3 Å². The molecule has 0 atom stereocenters. The highest BCUT2D eigenvalue weighted by molar-refractivity contribution is 7.07. The van der Waals surface area contributed by atoms with Gasteiger partial charge in [0.05, 0.1) is 13.0 Å². The van der Waals surface area contributed by atoms with E-state index in [-0.39, 0.29) is 12.1 Å². The van der Waals surface area contributed by atoms with E-state index >= 15 is 0 Å². The van der Waals surface area contributed by atoms with Crippen molar-refractivity contribution in [3.05, 3.63) is 52.2 Å². The lowest BCUT2D eigenvalue weighted by molar-refractivity contribution is -0.147. The zero-order chi connectivity index (χ0) is 18.2. The number of rotatable bonds is 7. The van der Waals surface area contributed by atoms with Gasteiger partial charge in [0.1, 0.15) is 0 Å². The molecule has 0 unspecified atom stereocenters. The largest absolute Gasteiger partial charge is 0.455 e. The molecule has 0 saturated heterocycles. The van der Waals surface area contributed by atoms with Crippen molar-refractivity contribution in [3.8, 4) is 0 Å². The highest BCUT2D eigenvalue weighted by Crippen LogP contribution is 2.12. The second kappa shape index (κ2) is 8.88. The van der Waals surface area contributed by atoms with E-state index in [1.807, 2.05) is 5.38 Å². The van der Waals surface area contributed by atoms with Gasteiger partial charge in [-0.15, -0.1) is 0 Å². The van der Waals surface area contributed by atoms with Gasteiger partial charge >= 0.3 is 5.97 Å². The first kappa shape index (κ1) is 18.5. The molecule has 0 bridgehead atoms. The molecule has 0 radical (unpaired) electrons. The first-order chi connectivity index (χ1) is 11.9. The molecule has 0 aliphatic heterocycles. The number of carbonyl (C=O) groups excluding carboxylic acids is 3. The van der Waals surface area contributed by atoms with Crippen LogP contribution < -0.4 is 10.6 Å². The van der Waals surface area contributed by atoms with Crippen LogP contribution in [0.3, 0.4) is 0 Å². The molecule has 9 heteroatoms. The van der Waals surface area contributed by atoms with Gasteiger partial charge in [0, 0.05) is 11.8 Å². The van der Waals surface area contributed by atoms with Crippen molar-refractivity contribution in [3.63, 3.8) is 0 Å². The van der Waals surface area contributed by atoms with Crippen molar-refractivity contribution >= 4 is 34.8 Å². The summed E-state index contributed by atoms with van der Waals surface area (Å²) >= 11 is 1.44. The number of esters is 1. The first-order valence-electron chi connectivity index (χ1n) is 7.12. The molecule has 2 N–H and O–H groups in total. The predicted octanol–water partition coefficient (Wildman–Crippen LogP) is 1.87. The summed E-state index contributed by atoms with van der Waals surface area (Å²) in [6.07, 6.45) is 0.0629. The Morgan fingerprint density at radius 2 is 1.88 bits per heavy atom. The fraction of sp³-hybridized carbons (Fsp3) is 0.188. The van der Waals surface area contributed by atoms with Crippen molar-refractivity contribution in [1.82, 2.24) is 5.32 Å². The number of amides is 2. The Kier molecular flexibility index (Phi) is 6.58. The summed E-state index contributed by atoms with van der Waals surface area (Å²) in [6, 6.07) is 4.65. The molecule has 0 aliphatic rings. The molecule has 2 aromatic rings. The molecule has 2 rings (SSSR count). The first-order valence-corrected chi connectivity index (χ1v) is 8.06. The summed E-state index contributed by atoms with van der Waals surface area (Å²) in [5, 5.41) is 8.16. The van der Waals surface area contributed by atoms with Gasteiger partial charge < -0.3 is 15.4 Å². The smallest absolute Gasteiger partial charge is 0.310 e.